The average Bonchev–Trinajstić information content (AvgIpc) is 2.95. The number of fused-ring (bicyclic) bond motifs is 1. The van der Waals surface area contributed by atoms with Crippen molar-refractivity contribution in [1.82, 2.24) is 19.4 Å². The molecule has 3 N–H and O–H groups in total. The number of imidazole rings is 1. The lowest BCUT2D eigenvalue weighted by Gasteiger charge is -1.98. The van der Waals surface area contributed by atoms with Crippen LogP contribution in [-0.2, 0) is 6.54 Å². The van der Waals surface area contributed by atoms with Crippen LogP contribution in [-0.4, -0.2) is 19.4 Å². The summed E-state index contributed by atoms with van der Waals surface area (Å²) in [5.74, 6) is 0.680. The van der Waals surface area contributed by atoms with E-state index in [0.717, 1.165) is 17.0 Å². The summed E-state index contributed by atoms with van der Waals surface area (Å²) < 4.78 is 1.92. The van der Waals surface area contributed by atoms with Crippen molar-refractivity contribution < 1.29 is 0 Å². The first-order valence-corrected chi connectivity index (χ1v) is 5.05. The van der Waals surface area contributed by atoms with Crippen molar-refractivity contribution in [3.8, 4) is 11.3 Å². The Labute approximate surface area is 92.0 Å². The minimum atomic E-state index is 0.438. The van der Waals surface area contributed by atoms with E-state index in [9.17, 15) is 0 Å². The van der Waals surface area contributed by atoms with E-state index in [1.807, 2.05) is 35.1 Å². The molecule has 0 fully saturated rings. The quantitative estimate of drug-likeness (QED) is 0.671. The van der Waals surface area contributed by atoms with Gasteiger partial charge in [-0.2, -0.15) is 0 Å². The van der Waals surface area contributed by atoms with Gasteiger partial charge < -0.3 is 10.7 Å². The van der Waals surface area contributed by atoms with Crippen LogP contribution in [0, 0.1) is 0 Å². The van der Waals surface area contributed by atoms with Gasteiger partial charge in [0.05, 0.1) is 11.4 Å². The Morgan fingerprint density at radius 2 is 2.38 bits per heavy atom. The summed E-state index contributed by atoms with van der Waals surface area (Å²) in [6.07, 6.45) is 7.42. The molecule has 0 spiro atoms. The highest BCUT2D eigenvalue weighted by molar-refractivity contribution is 5.64. The Bertz CT molecular complexity index is 608. The third-order valence-electron chi connectivity index (χ3n) is 2.57. The molecule has 0 bridgehead atoms. The molecule has 0 amide bonds. The molecule has 0 aromatic carbocycles. The molecule has 3 aromatic rings. The number of nitrogens with zero attached hydrogens (tertiary/aromatic N) is 3. The van der Waals surface area contributed by atoms with Crippen molar-refractivity contribution in [2.24, 2.45) is 5.73 Å². The molecule has 0 aliphatic heterocycles. The van der Waals surface area contributed by atoms with E-state index in [4.69, 9.17) is 5.73 Å². The molecule has 0 atom stereocenters. The fourth-order valence-corrected chi connectivity index (χ4v) is 1.83. The zero-order chi connectivity index (χ0) is 11.0. The largest absolute Gasteiger partial charge is 0.367 e. The van der Waals surface area contributed by atoms with Crippen molar-refractivity contribution in [2.45, 2.75) is 6.54 Å². The van der Waals surface area contributed by atoms with Crippen LogP contribution in [0.25, 0.3) is 17.0 Å². The Morgan fingerprint density at radius 3 is 3.12 bits per heavy atom. The van der Waals surface area contributed by atoms with Crippen LogP contribution in [0.3, 0.4) is 0 Å². The topological polar surface area (TPSA) is 72.0 Å². The second kappa shape index (κ2) is 3.46. The van der Waals surface area contributed by atoms with Crippen LogP contribution in [0.2, 0.25) is 0 Å². The van der Waals surface area contributed by atoms with Crippen LogP contribution in [0.4, 0.5) is 0 Å². The SMILES string of the molecule is NCc1c(-c2cc[nH]c2)nc2ncccn12. The molecular formula is C11H11N5. The highest BCUT2D eigenvalue weighted by Gasteiger charge is 2.12. The third kappa shape index (κ3) is 1.22. The van der Waals surface area contributed by atoms with Crippen molar-refractivity contribution in [1.29, 1.82) is 0 Å². The van der Waals surface area contributed by atoms with Gasteiger partial charge in [-0.15, -0.1) is 0 Å². The molecule has 0 aliphatic rings. The first-order chi connectivity index (χ1) is 7.90. The fourth-order valence-electron chi connectivity index (χ4n) is 1.83. The number of rotatable bonds is 2. The van der Waals surface area contributed by atoms with E-state index in [2.05, 4.69) is 15.0 Å². The summed E-state index contributed by atoms with van der Waals surface area (Å²) in [7, 11) is 0. The van der Waals surface area contributed by atoms with Gasteiger partial charge >= 0.3 is 0 Å². The first-order valence-electron chi connectivity index (χ1n) is 5.05. The zero-order valence-corrected chi connectivity index (χ0v) is 8.59. The van der Waals surface area contributed by atoms with Gasteiger partial charge in [-0.1, -0.05) is 0 Å². The molecule has 0 unspecified atom stereocenters. The number of H-pyrrole nitrogens is 1. The lowest BCUT2D eigenvalue weighted by atomic mass is 10.2. The smallest absolute Gasteiger partial charge is 0.234 e. The highest BCUT2D eigenvalue weighted by Crippen LogP contribution is 2.22. The average molecular weight is 213 g/mol. The molecule has 5 nitrogen and oxygen atoms in total. The Hall–Kier alpha value is -2.14. The highest BCUT2D eigenvalue weighted by atomic mass is 15.1. The van der Waals surface area contributed by atoms with E-state index in [1.54, 1.807) is 6.20 Å². The number of nitrogens with one attached hydrogen (secondary N) is 1. The third-order valence-corrected chi connectivity index (χ3v) is 2.57. The van der Waals surface area contributed by atoms with Crippen LogP contribution >= 0.6 is 0 Å². The van der Waals surface area contributed by atoms with E-state index < -0.39 is 0 Å². The minimum absolute atomic E-state index is 0.438. The van der Waals surface area contributed by atoms with Crippen molar-refractivity contribution in [3.05, 3.63) is 42.6 Å². The molecule has 3 aromatic heterocycles. The summed E-state index contributed by atoms with van der Waals surface area (Å²) in [4.78, 5) is 11.7. The van der Waals surface area contributed by atoms with Crippen LogP contribution < -0.4 is 5.73 Å². The standard InChI is InChI=1S/C11H11N5/c12-6-9-10(8-2-4-13-7-8)15-11-14-3-1-5-16(9)11/h1-5,7,13H,6,12H2. The maximum Gasteiger partial charge on any atom is 0.234 e. The van der Waals surface area contributed by atoms with Gasteiger partial charge in [0.25, 0.3) is 0 Å². The lowest BCUT2D eigenvalue weighted by molar-refractivity contribution is 0.949. The van der Waals surface area contributed by atoms with E-state index in [-0.39, 0.29) is 0 Å². The monoisotopic (exact) mass is 213 g/mol. The number of hydrogen-bond donors (Lipinski definition) is 2. The predicted octanol–water partition coefficient (Wildman–Crippen LogP) is 1.18. The normalized spacial score (nSPS) is 11.1. The van der Waals surface area contributed by atoms with Crippen LogP contribution in [0.15, 0.2) is 36.9 Å². The second-order valence-electron chi connectivity index (χ2n) is 3.50. The summed E-state index contributed by atoms with van der Waals surface area (Å²) in [6, 6.07) is 3.84. The Kier molecular flexibility index (Phi) is 1.97. The Morgan fingerprint density at radius 1 is 1.44 bits per heavy atom. The second-order valence-corrected chi connectivity index (χ2v) is 3.50. The van der Waals surface area contributed by atoms with Gasteiger partial charge in [0.2, 0.25) is 5.78 Å². The lowest BCUT2D eigenvalue weighted by Crippen LogP contribution is -2.02. The van der Waals surface area contributed by atoms with Gasteiger partial charge in [-0.05, 0) is 12.1 Å². The number of nitrogens with two attached hydrogens (primary N) is 1. The molecule has 80 valence electrons. The molecular weight excluding hydrogens is 202 g/mol. The predicted molar refractivity (Wildman–Crippen MR) is 60.7 cm³/mol. The van der Waals surface area contributed by atoms with E-state index in [1.165, 1.54) is 0 Å². The van der Waals surface area contributed by atoms with Crippen LogP contribution in [0.5, 0.6) is 0 Å². The first kappa shape index (κ1) is 9.11. The zero-order valence-electron chi connectivity index (χ0n) is 8.59. The number of hydrogen-bond acceptors (Lipinski definition) is 3. The van der Waals surface area contributed by atoms with Gasteiger partial charge in [0.15, 0.2) is 0 Å². The molecule has 0 aliphatic carbocycles. The van der Waals surface area contributed by atoms with Gasteiger partial charge in [-0.3, -0.25) is 4.40 Å². The van der Waals surface area contributed by atoms with Gasteiger partial charge in [0, 0.05) is 36.9 Å². The van der Waals surface area contributed by atoms with E-state index in [0.29, 0.717) is 12.3 Å². The van der Waals surface area contributed by atoms with Crippen molar-refractivity contribution in [3.63, 3.8) is 0 Å². The molecule has 5 heteroatoms. The molecule has 0 saturated heterocycles. The molecule has 0 radical (unpaired) electrons. The maximum atomic E-state index is 5.77. The maximum absolute atomic E-state index is 5.77. The molecule has 0 saturated carbocycles. The van der Waals surface area contributed by atoms with Crippen molar-refractivity contribution >= 4 is 5.78 Å². The molecule has 3 rings (SSSR count). The Balaban J connectivity index is 2.32. The number of aromatic amines is 1. The van der Waals surface area contributed by atoms with E-state index >= 15 is 0 Å². The fraction of sp³-hybridized carbons (Fsp3) is 0.0909. The molecule has 16 heavy (non-hydrogen) atoms. The minimum Gasteiger partial charge on any atom is -0.367 e. The van der Waals surface area contributed by atoms with Crippen LogP contribution in [0.1, 0.15) is 5.69 Å². The molecule has 3 heterocycles. The summed E-state index contributed by atoms with van der Waals surface area (Å²) in [6.45, 7) is 0.438. The summed E-state index contributed by atoms with van der Waals surface area (Å²) >= 11 is 0. The van der Waals surface area contributed by atoms with Crippen molar-refractivity contribution in [2.75, 3.05) is 0 Å². The number of aromatic nitrogens is 4. The summed E-state index contributed by atoms with van der Waals surface area (Å²) in [5.41, 5.74) is 8.67. The van der Waals surface area contributed by atoms with Gasteiger partial charge in [0.1, 0.15) is 0 Å². The summed E-state index contributed by atoms with van der Waals surface area (Å²) in [5, 5.41) is 0. The van der Waals surface area contributed by atoms with Gasteiger partial charge in [-0.25, -0.2) is 9.97 Å².